The molecule has 0 spiro atoms. The molecule has 0 amide bonds. The SMILES string of the molecule is c1ccc(-n2c3ccccc3c3c4cccc5c4n(c32)-c2ccc(-c3ccc(-c4nc(-c6cccc7ccccc67)c6c(n4)oc4ccccc46)cc3)cc2S5)cc1. The van der Waals surface area contributed by atoms with E-state index in [0.29, 0.717) is 11.5 Å². The molecule has 5 heterocycles. The van der Waals surface area contributed by atoms with Gasteiger partial charge in [0.05, 0.1) is 27.8 Å². The van der Waals surface area contributed by atoms with Crippen LogP contribution in [0.4, 0.5) is 0 Å². The molecule has 0 bridgehead atoms. The lowest BCUT2D eigenvalue weighted by atomic mass is 9.99. The molecule has 0 radical (unpaired) electrons. The zero-order valence-corrected chi connectivity index (χ0v) is 31.7. The van der Waals surface area contributed by atoms with E-state index >= 15 is 0 Å². The first-order valence-corrected chi connectivity index (χ1v) is 20.3. The van der Waals surface area contributed by atoms with Crippen LogP contribution in [-0.4, -0.2) is 19.1 Å². The topological polar surface area (TPSA) is 48.8 Å². The molecule has 0 N–H and O–H groups in total. The second kappa shape index (κ2) is 12.0. The van der Waals surface area contributed by atoms with Gasteiger partial charge in [-0.3, -0.25) is 9.13 Å². The van der Waals surface area contributed by atoms with Crippen LogP contribution in [0.3, 0.4) is 0 Å². The molecule has 270 valence electrons. The zero-order chi connectivity index (χ0) is 37.9. The van der Waals surface area contributed by atoms with Crippen LogP contribution in [0, 0.1) is 0 Å². The summed E-state index contributed by atoms with van der Waals surface area (Å²) in [5.74, 6) is 0.632. The summed E-state index contributed by atoms with van der Waals surface area (Å²) in [4.78, 5) is 12.8. The van der Waals surface area contributed by atoms with Crippen molar-refractivity contribution < 1.29 is 4.42 Å². The van der Waals surface area contributed by atoms with Crippen molar-refractivity contribution in [2.45, 2.75) is 9.79 Å². The van der Waals surface area contributed by atoms with Gasteiger partial charge in [0.1, 0.15) is 11.2 Å². The monoisotopic (exact) mass is 758 g/mol. The summed E-state index contributed by atoms with van der Waals surface area (Å²) in [5, 5.41) is 8.09. The van der Waals surface area contributed by atoms with E-state index in [0.717, 1.165) is 55.4 Å². The van der Waals surface area contributed by atoms with Crippen LogP contribution in [0.5, 0.6) is 0 Å². The van der Waals surface area contributed by atoms with Crippen LogP contribution >= 0.6 is 11.8 Å². The highest BCUT2D eigenvalue weighted by Gasteiger charge is 2.28. The van der Waals surface area contributed by atoms with Gasteiger partial charge in [0.2, 0.25) is 5.71 Å². The summed E-state index contributed by atoms with van der Waals surface area (Å²) in [5.41, 5.74) is 12.6. The van der Waals surface area contributed by atoms with Gasteiger partial charge in [0.15, 0.2) is 5.82 Å². The van der Waals surface area contributed by atoms with Gasteiger partial charge in [-0.25, -0.2) is 4.98 Å². The highest BCUT2D eigenvalue weighted by Crippen LogP contribution is 2.50. The van der Waals surface area contributed by atoms with Gasteiger partial charge >= 0.3 is 0 Å². The van der Waals surface area contributed by atoms with E-state index in [4.69, 9.17) is 14.4 Å². The lowest BCUT2D eigenvalue weighted by Gasteiger charge is -2.22. The van der Waals surface area contributed by atoms with E-state index in [-0.39, 0.29) is 0 Å². The number of fused-ring (bicyclic) bond motifs is 11. The van der Waals surface area contributed by atoms with Gasteiger partial charge in [-0.2, -0.15) is 4.98 Å². The van der Waals surface area contributed by atoms with E-state index in [9.17, 15) is 0 Å². The molecule has 0 aliphatic carbocycles. The van der Waals surface area contributed by atoms with Gasteiger partial charge < -0.3 is 4.42 Å². The molecule has 8 aromatic carbocycles. The maximum absolute atomic E-state index is 6.39. The van der Waals surface area contributed by atoms with Crippen LogP contribution in [0.15, 0.2) is 196 Å². The molecule has 5 nitrogen and oxygen atoms in total. The number of hydrogen-bond acceptors (Lipinski definition) is 4. The Hall–Kier alpha value is -7.41. The third kappa shape index (κ3) is 4.49. The third-order valence-corrected chi connectivity index (χ3v) is 12.8. The summed E-state index contributed by atoms with van der Waals surface area (Å²) in [7, 11) is 0. The quantitative estimate of drug-likeness (QED) is 0.179. The lowest BCUT2D eigenvalue weighted by molar-refractivity contribution is 0.653. The molecule has 6 heteroatoms. The first kappa shape index (κ1) is 31.8. The Morgan fingerprint density at radius 3 is 2.09 bits per heavy atom. The summed E-state index contributed by atoms with van der Waals surface area (Å²) < 4.78 is 11.3. The minimum atomic E-state index is 0.588. The van der Waals surface area contributed by atoms with Crippen molar-refractivity contribution in [3.05, 3.63) is 182 Å². The van der Waals surface area contributed by atoms with Crippen molar-refractivity contribution in [2.75, 3.05) is 0 Å². The second-order valence-corrected chi connectivity index (χ2v) is 16.0. The normalized spacial score (nSPS) is 12.4. The Kier molecular flexibility index (Phi) is 6.60. The van der Waals surface area contributed by atoms with Crippen molar-refractivity contribution in [3.63, 3.8) is 0 Å². The largest absolute Gasteiger partial charge is 0.438 e. The minimum Gasteiger partial charge on any atom is -0.438 e. The highest BCUT2D eigenvalue weighted by molar-refractivity contribution is 7.99. The fourth-order valence-corrected chi connectivity index (χ4v) is 10.3. The number of benzene rings is 8. The standard InChI is InChI=1S/C52H30N4OS/c1-2-14-35(15-3-1)55-41-21-8-6-17-38(41)46-40-20-11-23-44-49(40)56(52(46)55)42-29-28-34(30-45(42)58-44)31-24-26-33(27-25-31)50-53-48(37-19-10-13-32-12-4-5-16-36(32)37)47-39-18-7-9-22-43(39)57-51(47)54-50/h1-30H. The maximum atomic E-state index is 6.39. The van der Waals surface area contributed by atoms with Crippen molar-refractivity contribution in [1.82, 2.24) is 19.1 Å². The van der Waals surface area contributed by atoms with Gasteiger partial charge in [0, 0.05) is 48.2 Å². The Balaban J connectivity index is 0.947. The van der Waals surface area contributed by atoms with E-state index in [2.05, 4.69) is 173 Å². The number of aromatic nitrogens is 4. The number of furan rings is 1. The van der Waals surface area contributed by atoms with Crippen LogP contribution in [0.25, 0.3) is 111 Å². The fourth-order valence-electron chi connectivity index (χ4n) is 9.19. The van der Waals surface area contributed by atoms with Crippen molar-refractivity contribution in [2.24, 2.45) is 0 Å². The van der Waals surface area contributed by atoms with E-state index in [1.807, 2.05) is 30.0 Å². The third-order valence-electron chi connectivity index (χ3n) is 11.7. The molecule has 0 atom stereocenters. The summed E-state index contributed by atoms with van der Waals surface area (Å²) in [6.45, 7) is 0. The van der Waals surface area contributed by atoms with Crippen LogP contribution in [0.2, 0.25) is 0 Å². The molecule has 0 unspecified atom stereocenters. The minimum absolute atomic E-state index is 0.588. The highest BCUT2D eigenvalue weighted by atomic mass is 32.2. The molecule has 1 aliphatic rings. The van der Waals surface area contributed by atoms with E-state index in [1.54, 1.807) is 0 Å². The molecule has 13 rings (SSSR count). The van der Waals surface area contributed by atoms with Crippen molar-refractivity contribution >= 4 is 77.4 Å². The maximum Gasteiger partial charge on any atom is 0.231 e. The van der Waals surface area contributed by atoms with E-state index < -0.39 is 0 Å². The molecule has 4 aromatic heterocycles. The molecule has 0 saturated carbocycles. The Labute approximate surface area is 336 Å². The molecule has 58 heavy (non-hydrogen) atoms. The number of nitrogens with zero attached hydrogens (tertiary/aromatic N) is 4. The Morgan fingerprint density at radius 2 is 1.19 bits per heavy atom. The molecular weight excluding hydrogens is 729 g/mol. The predicted molar refractivity (Wildman–Crippen MR) is 238 cm³/mol. The second-order valence-electron chi connectivity index (χ2n) is 14.9. The summed E-state index contributed by atoms with van der Waals surface area (Å²) in [6, 6.07) is 64.7. The van der Waals surface area contributed by atoms with Crippen molar-refractivity contribution in [3.8, 4) is 45.1 Å². The number of rotatable bonds is 4. The number of para-hydroxylation sites is 4. The van der Waals surface area contributed by atoms with Crippen LogP contribution in [0.1, 0.15) is 0 Å². The van der Waals surface area contributed by atoms with Crippen LogP contribution < -0.4 is 0 Å². The average Bonchev–Trinajstić information content (AvgIpc) is 3.95. The average molecular weight is 759 g/mol. The molecule has 1 aliphatic heterocycles. The Bertz CT molecular complexity index is 3650. The molecular formula is C52H30N4OS. The zero-order valence-electron chi connectivity index (χ0n) is 30.9. The van der Waals surface area contributed by atoms with Crippen LogP contribution in [-0.2, 0) is 0 Å². The molecule has 0 fully saturated rings. The first-order chi connectivity index (χ1) is 28.8. The van der Waals surface area contributed by atoms with Gasteiger partial charge in [-0.05, 0) is 64.4 Å². The summed E-state index contributed by atoms with van der Waals surface area (Å²) in [6.07, 6.45) is 0. The van der Waals surface area contributed by atoms with Crippen molar-refractivity contribution in [1.29, 1.82) is 0 Å². The predicted octanol–water partition coefficient (Wildman–Crippen LogP) is 14.0. The van der Waals surface area contributed by atoms with Gasteiger partial charge in [-0.1, -0.05) is 151 Å². The number of hydrogen-bond donors (Lipinski definition) is 0. The van der Waals surface area contributed by atoms with E-state index in [1.165, 1.54) is 53.7 Å². The lowest BCUT2D eigenvalue weighted by Crippen LogP contribution is -2.05. The smallest absolute Gasteiger partial charge is 0.231 e. The Morgan fingerprint density at radius 1 is 0.483 bits per heavy atom. The van der Waals surface area contributed by atoms with Gasteiger partial charge in [-0.15, -0.1) is 0 Å². The van der Waals surface area contributed by atoms with Gasteiger partial charge in [0.25, 0.3) is 0 Å². The first-order valence-electron chi connectivity index (χ1n) is 19.5. The fraction of sp³-hybridized carbons (Fsp3) is 0. The molecule has 12 aromatic rings. The summed E-state index contributed by atoms with van der Waals surface area (Å²) >= 11 is 1.85. The molecule has 0 saturated heterocycles.